The monoisotopic (exact) mass is 141 g/mol. The summed E-state index contributed by atoms with van der Waals surface area (Å²) in [5.41, 5.74) is 5.85. The third-order valence-corrected chi connectivity index (χ3v) is 2.57. The van der Waals surface area contributed by atoms with Gasteiger partial charge in [-0.25, -0.2) is 0 Å². The van der Waals surface area contributed by atoms with E-state index in [0.29, 0.717) is 18.2 Å². The van der Waals surface area contributed by atoms with Crippen LogP contribution in [0.1, 0.15) is 32.1 Å². The Morgan fingerprint density at radius 2 is 1.70 bits per heavy atom. The molecule has 2 aliphatic heterocycles. The summed E-state index contributed by atoms with van der Waals surface area (Å²) in [6.07, 6.45) is 7.02. The van der Waals surface area contributed by atoms with E-state index in [-0.39, 0.29) is 0 Å². The van der Waals surface area contributed by atoms with Crippen LogP contribution in [-0.4, -0.2) is 18.2 Å². The molecule has 2 saturated heterocycles. The molecule has 2 bridgehead atoms. The first kappa shape index (κ1) is 6.62. The maximum atomic E-state index is 5.85. The van der Waals surface area contributed by atoms with Crippen LogP contribution in [-0.2, 0) is 4.74 Å². The van der Waals surface area contributed by atoms with Gasteiger partial charge in [-0.2, -0.15) is 0 Å². The molecule has 0 amide bonds. The first-order chi connectivity index (χ1) is 4.84. The molecule has 0 saturated carbocycles. The minimum Gasteiger partial charge on any atom is -0.375 e. The fourth-order valence-corrected chi connectivity index (χ4v) is 2.10. The van der Waals surface area contributed by atoms with Gasteiger partial charge in [0.15, 0.2) is 0 Å². The minimum absolute atomic E-state index is 0.420. The Kier molecular flexibility index (Phi) is 1.66. The van der Waals surface area contributed by atoms with Crippen LogP contribution in [0.4, 0.5) is 0 Å². The molecule has 0 aromatic carbocycles. The van der Waals surface area contributed by atoms with Crippen molar-refractivity contribution in [1.29, 1.82) is 0 Å². The molecule has 0 aliphatic carbocycles. The van der Waals surface area contributed by atoms with Gasteiger partial charge in [0, 0.05) is 6.04 Å². The van der Waals surface area contributed by atoms with E-state index in [1.54, 1.807) is 0 Å². The molecule has 0 aromatic rings. The summed E-state index contributed by atoms with van der Waals surface area (Å²) in [6, 6.07) is 0.420. The van der Waals surface area contributed by atoms with Gasteiger partial charge in [0.2, 0.25) is 0 Å². The van der Waals surface area contributed by atoms with E-state index < -0.39 is 0 Å². The van der Waals surface area contributed by atoms with Crippen molar-refractivity contribution in [1.82, 2.24) is 0 Å². The van der Waals surface area contributed by atoms with Crippen LogP contribution >= 0.6 is 0 Å². The van der Waals surface area contributed by atoms with E-state index in [9.17, 15) is 0 Å². The predicted octanol–water partition coefficient (Wildman–Crippen LogP) is 1.05. The highest BCUT2D eigenvalue weighted by Crippen LogP contribution is 2.29. The Hall–Kier alpha value is -0.0800. The third-order valence-electron chi connectivity index (χ3n) is 2.57. The number of ether oxygens (including phenoxy) is 1. The van der Waals surface area contributed by atoms with Crippen LogP contribution < -0.4 is 5.73 Å². The Morgan fingerprint density at radius 3 is 2.30 bits per heavy atom. The van der Waals surface area contributed by atoms with Gasteiger partial charge in [-0.3, -0.25) is 0 Å². The molecule has 2 heteroatoms. The quantitative estimate of drug-likeness (QED) is 0.547. The zero-order valence-electron chi connectivity index (χ0n) is 6.25. The lowest BCUT2D eigenvalue weighted by molar-refractivity contribution is -0.0884. The van der Waals surface area contributed by atoms with Crippen molar-refractivity contribution in [2.75, 3.05) is 0 Å². The molecule has 2 unspecified atom stereocenters. The van der Waals surface area contributed by atoms with Crippen LogP contribution in [0.3, 0.4) is 0 Å². The van der Waals surface area contributed by atoms with E-state index in [1.165, 1.54) is 19.3 Å². The highest BCUT2D eigenvalue weighted by atomic mass is 16.5. The van der Waals surface area contributed by atoms with Crippen molar-refractivity contribution in [3.63, 3.8) is 0 Å². The van der Waals surface area contributed by atoms with Crippen LogP contribution in [0, 0.1) is 0 Å². The summed E-state index contributed by atoms with van der Waals surface area (Å²) in [6.45, 7) is 0. The van der Waals surface area contributed by atoms with Gasteiger partial charge in [0.05, 0.1) is 12.2 Å². The highest BCUT2D eigenvalue weighted by molar-refractivity contribution is 4.83. The van der Waals surface area contributed by atoms with Gasteiger partial charge < -0.3 is 10.5 Å². The first-order valence-corrected chi connectivity index (χ1v) is 4.25. The van der Waals surface area contributed by atoms with E-state index >= 15 is 0 Å². The van der Waals surface area contributed by atoms with Gasteiger partial charge in [-0.1, -0.05) is 0 Å². The van der Waals surface area contributed by atoms with Gasteiger partial charge in [0.1, 0.15) is 0 Å². The van der Waals surface area contributed by atoms with E-state index in [4.69, 9.17) is 10.5 Å². The Bertz CT molecular complexity index is 110. The van der Waals surface area contributed by atoms with Gasteiger partial charge in [0.25, 0.3) is 0 Å². The summed E-state index contributed by atoms with van der Waals surface area (Å²) >= 11 is 0. The summed E-state index contributed by atoms with van der Waals surface area (Å²) in [7, 11) is 0. The zero-order valence-corrected chi connectivity index (χ0v) is 6.25. The Morgan fingerprint density at radius 1 is 1.10 bits per heavy atom. The minimum atomic E-state index is 0.420. The molecule has 0 spiro atoms. The highest BCUT2D eigenvalue weighted by Gasteiger charge is 2.30. The lowest BCUT2D eigenvalue weighted by Crippen LogP contribution is -2.42. The molecule has 2 aliphatic rings. The smallest absolute Gasteiger partial charge is 0.0593 e. The van der Waals surface area contributed by atoms with E-state index in [0.717, 1.165) is 12.8 Å². The van der Waals surface area contributed by atoms with Gasteiger partial charge in [-0.15, -0.1) is 0 Å². The Balaban J connectivity index is 1.98. The second kappa shape index (κ2) is 2.51. The van der Waals surface area contributed by atoms with E-state index in [2.05, 4.69) is 0 Å². The fraction of sp³-hybridized carbons (Fsp3) is 1.00. The second-order valence-corrected chi connectivity index (χ2v) is 3.54. The molecule has 2 nitrogen and oxygen atoms in total. The summed E-state index contributed by atoms with van der Waals surface area (Å²) < 4.78 is 5.71. The lowest BCUT2D eigenvalue weighted by atomic mass is 9.89. The topological polar surface area (TPSA) is 35.2 Å². The fourth-order valence-electron chi connectivity index (χ4n) is 2.10. The Labute approximate surface area is 61.7 Å². The SMILES string of the molecule is NC1CC2CCCC(C1)O2. The summed E-state index contributed by atoms with van der Waals surface area (Å²) in [4.78, 5) is 0. The van der Waals surface area contributed by atoms with Crippen molar-refractivity contribution in [3.05, 3.63) is 0 Å². The molecule has 0 aromatic heterocycles. The number of hydrogen-bond acceptors (Lipinski definition) is 2. The number of rotatable bonds is 0. The van der Waals surface area contributed by atoms with Crippen molar-refractivity contribution in [2.45, 2.75) is 50.4 Å². The maximum absolute atomic E-state index is 5.85. The zero-order chi connectivity index (χ0) is 6.97. The number of fused-ring (bicyclic) bond motifs is 2. The molecule has 2 fully saturated rings. The molecule has 0 radical (unpaired) electrons. The summed E-state index contributed by atoms with van der Waals surface area (Å²) in [5.74, 6) is 0. The van der Waals surface area contributed by atoms with Gasteiger partial charge >= 0.3 is 0 Å². The average molecular weight is 141 g/mol. The van der Waals surface area contributed by atoms with Crippen LogP contribution in [0.5, 0.6) is 0 Å². The number of hydrogen-bond donors (Lipinski definition) is 1. The normalized spacial score (nSPS) is 47.1. The standard InChI is InChI=1S/C8H15NO/c9-6-4-7-2-1-3-8(5-6)10-7/h6-8H,1-5,9H2. The second-order valence-electron chi connectivity index (χ2n) is 3.54. The van der Waals surface area contributed by atoms with Crippen molar-refractivity contribution in [2.24, 2.45) is 5.73 Å². The maximum Gasteiger partial charge on any atom is 0.0593 e. The van der Waals surface area contributed by atoms with Crippen molar-refractivity contribution < 1.29 is 4.74 Å². The molecule has 58 valence electrons. The first-order valence-electron chi connectivity index (χ1n) is 4.25. The molecular weight excluding hydrogens is 126 g/mol. The van der Waals surface area contributed by atoms with Crippen molar-refractivity contribution in [3.8, 4) is 0 Å². The van der Waals surface area contributed by atoms with Crippen LogP contribution in [0.2, 0.25) is 0 Å². The van der Waals surface area contributed by atoms with Gasteiger partial charge in [-0.05, 0) is 32.1 Å². The van der Waals surface area contributed by atoms with Crippen LogP contribution in [0.15, 0.2) is 0 Å². The molecular formula is C8H15NO. The molecule has 2 heterocycles. The van der Waals surface area contributed by atoms with Crippen molar-refractivity contribution >= 4 is 0 Å². The largest absolute Gasteiger partial charge is 0.375 e. The average Bonchev–Trinajstić information content (AvgIpc) is 1.85. The van der Waals surface area contributed by atoms with E-state index in [1.807, 2.05) is 0 Å². The molecule has 2 atom stereocenters. The molecule has 10 heavy (non-hydrogen) atoms. The summed E-state index contributed by atoms with van der Waals surface area (Å²) in [5, 5.41) is 0. The molecule has 2 N–H and O–H groups in total. The molecule has 2 rings (SSSR count). The third kappa shape index (κ3) is 1.18. The predicted molar refractivity (Wildman–Crippen MR) is 39.7 cm³/mol. The lowest BCUT2D eigenvalue weighted by Gasteiger charge is -2.37. The number of nitrogens with two attached hydrogens (primary N) is 1. The van der Waals surface area contributed by atoms with Crippen LogP contribution in [0.25, 0.3) is 0 Å².